The summed E-state index contributed by atoms with van der Waals surface area (Å²) in [5.41, 5.74) is 3.17. The maximum atomic E-state index is 13.3. The van der Waals surface area contributed by atoms with Crippen molar-refractivity contribution in [2.45, 2.75) is 0 Å². The zero-order valence-corrected chi connectivity index (χ0v) is 13.7. The van der Waals surface area contributed by atoms with Gasteiger partial charge in [-0.15, -0.1) is 0 Å². The Kier molecular flexibility index (Phi) is 4.11. The normalized spacial score (nSPS) is 10.7. The second-order valence-corrected chi connectivity index (χ2v) is 5.81. The van der Waals surface area contributed by atoms with Gasteiger partial charge in [0.05, 0.1) is 16.8 Å². The number of hydrogen-bond acceptors (Lipinski definition) is 3. The van der Waals surface area contributed by atoms with Crippen molar-refractivity contribution in [1.29, 1.82) is 0 Å². The van der Waals surface area contributed by atoms with E-state index in [9.17, 15) is 9.18 Å². The summed E-state index contributed by atoms with van der Waals surface area (Å²) >= 11 is 0. The molecule has 4 nitrogen and oxygen atoms in total. The van der Waals surface area contributed by atoms with Gasteiger partial charge in [0.2, 0.25) is 0 Å². The minimum absolute atomic E-state index is 0.265. The molecule has 0 unspecified atom stereocenters. The summed E-state index contributed by atoms with van der Waals surface area (Å²) in [6.07, 6.45) is 3.19. The molecule has 0 aliphatic heterocycles. The molecule has 1 N–H and O–H groups in total. The van der Waals surface area contributed by atoms with E-state index in [1.165, 1.54) is 18.3 Å². The fourth-order valence-electron chi connectivity index (χ4n) is 2.69. The number of amides is 1. The number of rotatable bonds is 3. The van der Waals surface area contributed by atoms with Crippen molar-refractivity contribution < 1.29 is 9.18 Å². The topological polar surface area (TPSA) is 54.9 Å². The number of pyridine rings is 2. The summed E-state index contributed by atoms with van der Waals surface area (Å²) in [5.74, 6) is -0.588. The minimum atomic E-state index is -0.323. The van der Waals surface area contributed by atoms with E-state index >= 15 is 0 Å². The van der Waals surface area contributed by atoms with Gasteiger partial charge in [-0.25, -0.2) is 4.39 Å². The maximum Gasteiger partial charge on any atom is 0.257 e. The smallest absolute Gasteiger partial charge is 0.257 e. The number of halogens is 1. The molecular weight excluding hydrogens is 329 g/mol. The third-order valence-electron chi connectivity index (χ3n) is 4.01. The molecular formula is C21H14FN3O. The van der Waals surface area contributed by atoms with Crippen molar-refractivity contribution in [2.75, 3.05) is 5.32 Å². The lowest BCUT2D eigenvalue weighted by Crippen LogP contribution is -2.12. The largest absolute Gasteiger partial charge is 0.322 e. The first-order valence-electron chi connectivity index (χ1n) is 8.07. The van der Waals surface area contributed by atoms with Gasteiger partial charge in [0, 0.05) is 29.0 Å². The number of anilines is 1. The molecule has 1 amide bonds. The zero-order chi connectivity index (χ0) is 17.9. The van der Waals surface area contributed by atoms with Crippen molar-refractivity contribution in [2.24, 2.45) is 0 Å². The molecule has 5 heteroatoms. The van der Waals surface area contributed by atoms with E-state index in [4.69, 9.17) is 0 Å². The Labute approximate surface area is 149 Å². The van der Waals surface area contributed by atoms with Crippen molar-refractivity contribution in [3.63, 3.8) is 0 Å². The van der Waals surface area contributed by atoms with E-state index in [1.54, 1.807) is 30.5 Å². The number of hydrogen-bond donors (Lipinski definition) is 1. The lowest BCUT2D eigenvalue weighted by atomic mass is 10.1. The lowest BCUT2D eigenvalue weighted by Gasteiger charge is -2.07. The Morgan fingerprint density at radius 1 is 0.923 bits per heavy atom. The summed E-state index contributed by atoms with van der Waals surface area (Å²) in [4.78, 5) is 21.0. The highest BCUT2D eigenvalue weighted by Gasteiger charge is 2.08. The summed E-state index contributed by atoms with van der Waals surface area (Å²) in [5, 5.41) is 3.85. The molecule has 0 saturated carbocycles. The van der Waals surface area contributed by atoms with Crippen LogP contribution < -0.4 is 5.32 Å². The van der Waals surface area contributed by atoms with Crippen LogP contribution in [-0.4, -0.2) is 15.9 Å². The van der Waals surface area contributed by atoms with E-state index in [2.05, 4.69) is 15.3 Å². The summed E-state index contributed by atoms with van der Waals surface area (Å²) < 4.78 is 13.3. The summed E-state index contributed by atoms with van der Waals surface area (Å²) in [6, 6.07) is 18.9. The fourth-order valence-corrected chi connectivity index (χ4v) is 2.69. The molecule has 2 heterocycles. The number of benzene rings is 2. The number of carbonyl (C=O) groups excluding carboxylic acids is 1. The Balaban J connectivity index is 1.54. The van der Waals surface area contributed by atoms with Crippen LogP contribution in [0, 0.1) is 5.82 Å². The number of carbonyl (C=O) groups is 1. The first kappa shape index (κ1) is 15.9. The molecule has 2 aromatic carbocycles. The molecule has 2 aromatic heterocycles. The number of fused-ring (bicyclic) bond motifs is 1. The molecule has 0 saturated heterocycles. The van der Waals surface area contributed by atoms with Crippen molar-refractivity contribution in [3.05, 3.63) is 90.5 Å². The van der Waals surface area contributed by atoms with Gasteiger partial charge in [0.1, 0.15) is 5.82 Å². The second kappa shape index (κ2) is 6.72. The lowest BCUT2D eigenvalue weighted by molar-refractivity contribution is 0.102. The minimum Gasteiger partial charge on any atom is -0.322 e. The first-order valence-corrected chi connectivity index (χ1v) is 8.07. The quantitative estimate of drug-likeness (QED) is 0.587. The van der Waals surface area contributed by atoms with Crippen molar-refractivity contribution >= 4 is 22.5 Å². The molecule has 0 atom stereocenters. The van der Waals surface area contributed by atoms with Crippen LogP contribution in [0.1, 0.15) is 10.4 Å². The van der Waals surface area contributed by atoms with Gasteiger partial charge >= 0.3 is 0 Å². The van der Waals surface area contributed by atoms with Gasteiger partial charge < -0.3 is 5.32 Å². The second-order valence-electron chi connectivity index (χ2n) is 5.81. The standard InChI is InChI=1S/C21H14FN3O/c22-17-5-1-3-15(11-17)19-9-7-16(13-24-19)21(26)25-18-8-6-14-4-2-10-23-20(14)12-18/h1-13H,(H,25,26). The van der Waals surface area contributed by atoms with Crippen LogP contribution >= 0.6 is 0 Å². The van der Waals surface area contributed by atoms with Crippen LogP contribution in [0.3, 0.4) is 0 Å². The molecule has 4 aromatic rings. The third-order valence-corrected chi connectivity index (χ3v) is 4.01. The van der Waals surface area contributed by atoms with E-state index in [1.807, 2.05) is 30.3 Å². The van der Waals surface area contributed by atoms with Crippen molar-refractivity contribution in [1.82, 2.24) is 9.97 Å². The molecule has 0 aliphatic rings. The van der Waals surface area contributed by atoms with Gasteiger partial charge in [0.25, 0.3) is 5.91 Å². The number of nitrogens with zero attached hydrogens (tertiary/aromatic N) is 2. The maximum absolute atomic E-state index is 13.3. The zero-order valence-electron chi connectivity index (χ0n) is 13.7. The third kappa shape index (κ3) is 3.28. The molecule has 0 fully saturated rings. The van der Waals surface area contributed by atoms with Crippen LogP contribution in [0.15, 0.2) is 79.1 Å². The van der Waals surface area contributed by atoms with Gasteiger partial charge in [-0.1, -0.05) is 24.3 Å². The van der Waals surface area contributed by atoms with Gasteiger partial charge in [0.15, 0.2) is 0 Å². The molecule has 26 heavy (non-hydrogen) atoms. The van der Waals surface area contributed by atoms with E-state index in [-0.39, 0.29) is 11.7 Å². The van der Waals surface area contributed by atoms with Crippen molar-refractivity contribution in [3.8, 4) is 11.3 Å². The number of nitrogens with one attached hydrogen (secondary N) is 1. The molecule has 0 aliphatic carbocycles. The van der Waals surface area contributed by atoms with Crippen LogP contribution in [0.4, 0.5) is 10.1 Å². The van der Waals surface area contributed by atoms with Crippen LogP contribution in [0.2, 0.25) is 0 Å². The van der Waals surface area contributed by atoms with E-state index < -0.39 is 0 Å². The Morgan fingerprint density at radius 2 is 1.85 bits per heavy atom. The average Bonchev–Trinajstić information content (AvgIpc) is 2.68. The fraction of sp³-hybridized carbons (Fsp3) is 0. The Hall–Kier alpha value is -3.60. The highest BCUT2D eigenvalue weighted by molar-refractivity contribution is 6.05. The SMILES string of the molecule is O=C(Nc1ccc2cccnc2c1)c1ccc(-c2cccc(F)c2)nc1. The van der Waals surface area contributed by atoms with Gasteiger partial charge in [-0.3, -0.25) is 14.8 Å². The van der Waals surface area contributed by atoms with Gasteiger partial charge in [-0.2, -0.15) is 0 Å². The van der Waals surface area contributed by atoms with E-state index in [0.717, 1.165) is 10.9 Å². The Morgan fingerprint density at radius 3 is 2.65 bits per heavy atom. The Bertz CT molecular complexity index is 1090. The summed E-state index contributed by atoms with van der Waals surface area (Å²) in [7, 11) is 0. The molecule has 0 radical (unpaired) electrons. The molecule has 4 rings (SSSR count). The van der Waals surface area contributed by atoms with Gasteiger partial charge in [-0.05, 0) is 42.5 Å². The first-order chi connectivity index (χ1) is 12.7. The molecule has 0 spiro atoms. The molecule has 0 bridgehead atoms. The highest BCUT2D eigenvalue weighted by Crippen LogP contribution is 2.20. The van der Waals surface area contributed by atoms with Crippen LogP contribution in [0.5, 0.6) is 0 Å². The predicted octanol–water partition coefficient (Wildman–Crippen LogP) is 4.69. The molecule has 126 valence electrons. The monoisotopic (exact) mass is 343 g/mol. The predicted molar refractivity (Wildman–Crippen MR) is 99.3 cm³/mol. The number of aromatic nitrogens is 2. The van der Waals surface area contributed by atoms with Crippen LogP contribution in [0.25, 0.3) is 22.2 Å². The summed E-state index contributed by atoms with van der Waals surface area (Å²) in [6.45, 7) is 0. The van der Waals surface area contributed by atoms with Crippen LogP contribution in [-0.2, 0) is 0 Å². The average molecular weight is 343 g/mol. The highest BCUT2D eigenvalue weighted by atomic mass is 19.1. The van der Waals surface area contributed by atoms with E-state index in [0.29, 0.717) is 22.5 Å².